The summed E-state index contributed by atoms with van der Waals surface area (Å²) in [5, 5.41) is 0. The SMILES string of the molecule is C1C[C@@H]2CC2O1. The molecule has 6 heavy (non-hydrogen) atoms. The van der Waals surface area contributed by atoms with Crippen LogP contribution in [0.5, 0.6) is 0 Å². The van der Waals surface area contributed by atoms with E-state index in [9.17, 15) is 0 Å². The van der Waals surface area contributed by atoms with E-state index >= 15 is 0 Å². The van der Waals surface area contributed by atoms with Gasteiger partial charge in [-0.2, -0.15) is 0 Å². The molecule has 1 heterocycles. The molecule has 2 atom stereocenters. The van der Waals surface area contributed by atoms with Crippen LogP contribution in [-0.2, 0) is 4.74 Å². The summed E-state index contributed by atoms with van der Waals surface area (Å²) < 4.78 is 5.23. The minimum Gasteiger partial charge on any atom is -0.378 e. The molecule has 1 saturated heterocycles. The van der Waals surface area contributed by atoms with Crippen molar-refractivity contribution in [1.82, 2.24) is 0 Å². The molecule has 1 aliphatic heterocycles. The number of hydrogen-bond donors (Lipinski definition) is 0. The van der Waals surface area contributed by atoms with Crippen molar-refractivity contribution in [2.75, 3.05) is 6.61 Å². The summed E-state index contributed by atoms with van der Waals surface area (Å²) >= 11 is 0. The first-order chi connectivity index (χ1) is 2.97. The Morgan fingerprint density at radius 3 is 2.67 bits per heavy atom. The molecule has 34 valence electrons. The van der Waals surface area contributed by atoms with Crippen LogP contribution in [0.4, 0.5) is 0 Å². The van der Waals surface area contributed by atoms with Crippen molar-refractivity contribution in [3.63, 3.8) is 0 Å². The smallest absolute Gasteiger partial charge is 0.0608 e. The molecule has 1 unspecified atom stereocenters. The molecule has 1 aliphatic carbocycles. The fourth-order valence-electron chi connectivity index (χ4n) is 1.10. The van der Waals surface area contributed by atoms with Gasteiger partial charge in [0.05, 0.1) is 6.10 Å². The lowest BCUT2D eigenvalue weighted by molar-refractivity contribution is 0.156. The van der Waals surface area contributed by atoms with E-state index in [0.29, 0.717) is 6.10 Å². The molecule has 2 aliphatic rings. The summed E-state index contributed by atoms with van der Waals surface area (Å²) in [7, 11) is 0. The van der Waals surface area contributed by atoms with Crippen molar-refractivity contribution in [3.05, 3.63) is 0 Å². The molecular formula is C5H8O. The summed E-state index contributed by atoms with van der Waals surface area (Å²) in [4.78, 5) is 0. The number of fused-ring (bicyclic) bond motifs is 1. The zero-order chi connectivity index (χ0) is 3.98. The van der Waals surface area contributed by atoms with Crippen LogP contribution in [0.2, 0.25) is 0 Å². The Morgan fingerprint density at radius 1 is 1.50 bits per heavy atom. The summed E-state index contributed by atoms with van der Waals surface area (Å²) in [5.41, 5.74) is 0. The fourth-order valence-corrected chi connectivity index (χ4v) is 1.10. The molecular weight excluding hydrogens is 76.1 g/mol. The Balaban J connectivity index is 2.09. The van der Waals surface area contributed by atoms with Crippen LogP contribution in [0.3, 0.4) is 0 Å². The van der Waals surface area contributed by atoms with Crippen molar-refractivity contribution in [3.8, 4) is 0 Å². The number of hydrogen-bond acceptors (Lipinski definition) is 1. The molecule has 0 aromatic carbocycles. The molecule has 0 aromatic heterocycles. The second-order valence-electron chi connectivity index (χ2n) is 2.19. The van der Waals surface area contributed by atoms with Gasteiger partial charge in [-0.05, 0) is 18.8 Å². The third-order valence-electron chi connectivity index (χ3n) is 1.68. The van der Waals surface area contributed by atoms with E-state index in [4.69, 9.17) is 4.74 Å². The standard InChI is InChI=1S/C5H8O/c1-2-6-5-3-4(1)5/h4-5H,1-3H2/t4-,5?/m1/s1. The molecule has 2 fully saturated rings. The lowest BCUT2D eigenvalue weighted by Gasteiger charge is -1.86. The Labute approximate surface area is 37.3 Å². The minimum atomic E-state index is 0.713. The van der Waals surface area contributed by atoms with Gasteiger partial charge in [-0.3, -0.25) is 0 Å². The van der Waals surface area contributed by atoms with Gasteiger partial charge in [0.25, 0.3) is 0 Å². The first-order valence-corrected chi connectivity index (χ1v) is 2.58. The molecule has 1 nitrogen and oxygen atoms in total. The third-order valence-corrected chi connectivity index (χ3v) is 1.68. The Kier molecular flexibility index (Phi) is 0.396. The molecule has 0 bridgehead atoms. The van der Waals surface area contributed by atoms with Crippen LogP contribution in [0.25, 0.3) is 0 Å². The van der Waals surface area contributed by atoms with Crippen LogP contribution in [-0.4, -0.2) is 12.7 Å². The van der Waals surface area contributed by atoms with Crippen LogP contribution in [0.15, 0.2) is 0 Å². The monoisotopic (exact) mass is 84.1 g/mol. The lowest BCUT2D eigenvalue weighted by Crippen LogP contribution is -1.84. The molecule has 0 amide bonds. The van der Waals surface area contributed by atoms with E-state index in [0.717, 1.165) is 12.5 Å². The van der Waals surface area contributed by atoms with Crippen LogP contribution in [0, 0.1) is 5.92 Å². The average molecular weight is 84.1 g/mol. The second-order valence-corrected chi connectivity index (χ2v) is 2.19. The van der Waals surface area contributed by atoms with Crippen LogP contribution in [0.1, 0.15) is 12.8 Å². The molecule has 1 heteroatoms. The van der Waals surface area contributed by atoms with Gasteiger partial charge in [0, 0.05) is 6.61 Å². The normalized spacial score (nSPS) is 52.0. The van der Waals surface area contributed by atoms with E-state index in [1.165, 1.54) is 12.8 Å². The highest BCUT2D eigenvalue weighted by molar-refractivity contribution is 4.91. The minimum absolute atomic E-state index is 0.713. The summed E-state index contributed by atoms with van der Waals surface area (Å²) in [6.07, 6.45) is 3.41. The maximum absolute atomic E-state index is 5.23. The highest BCUT2D eigenvalue weighted by Crippen LogP contribution is 2.41. The Morgan fingerprint density at radius 2 is 2.50 bits per heavy atom. The van der Waals surface area contributed by atoms with Gasteiger partial charge >= 0.3 is 0 Å². The molecule has 0 N–H and O–H groups in total. The Bertz CT molecular complexity index is 62.3. The van der Waals surface area contributed by atoms with Crippen LogP contribution < -0.4 is 0 Å². The predicted octanol–water partition coefficient (Wildman–Crippen LogP) is 0.795. The van der Waals surface area contributed by atoms with Gasteiger partial charge in [-0.25, -0.2) is 0 Å². The molecule has 0 aromatic rings. The maximum atomic E-state index is 5.23. The molecule has 0 spiro atoms. The lowest BCUT2D eigenvalue weighted by atomic mass is 10.3. The average Bonchev–Trinajstić information content (AvgIpc) is 2.17. The van der Waals surface area contributed by atoms with E-state index in [-0.39, 0.29) is 0 Å². The van der Waals surface area contributed by atoms with Gasteiger partial charge in [0.2, 0.25) is 0 Å². The Hall–Kier alpha value is -0.0400. The third kappa shape index (κ3) is 0.243. The van der Waals surface area contributed by atoms with Crippen molar-refractivity contribution in [2.45, 2.75) is 18.9 Å². The highest BCUT2D eigenvalue weighted by atomic mass is 16.5. The van der Waals surface area contributed by atoms with Crippen molar-refractivity contribution < 1.29 is 4.74 Å². The van der Waals surface area contributed by atoms with Crippen molar-refractivity contribution >= 4 is 0 Å². The van der Waals surface area contributed by atoms with E-state index < -0.39 is 0 Å². The van der Waals surface area contributed by atoms with Gasteiger partial charge in [0.1, 0.15) is 0 Å². The van der Waals surface area contributed by atoms with Crippen molar-refractivity contribution in [2.24, 2.45) is 5.92 Å². The summed E-state index contributed by atoms with van der Waals surface area (Å²) in [6, 6.07) is 0. The van der Waals surface area contributed by atoms with Gasteiger partial charge in [-0.1, -0.05) is 0 Å². The fraction of sp³-hybridized carbons (Fsp3) is 1.00. The van der Waals surface area contributed by atoms with Gasteiger partial charge < -0.3 is 4.74 Å². The highest BCUT2D eigenvalue weighted by Gasteiger charge is 2.42. The largest absolute Gasteiger partial charge is 0.378 e. The van der Waals surface area contributed by atoms with E-state index in [2.05, 4.69) is 0 Å². The van der Waals surface area contributed by atoms with Crippen molar-refractivity contribution in [1.29, 1.82) is 0 Å². The van der Waals surface area contributed by atoms with E-state index in [1.807, 2.05) is 0 Å². The zero-order valence-electron chi connectivity index (χ0n) is 3.68. The quantitative estimate of drug-likeness (QED) is 0.421. The zero-order valence-corrected chi connectivity index (χ0v) is 3.68. The van der Waals surface area contributed by atoms with Crippen LogP contribution >= 0.6 is 0 Å². The van der Waals surface area contributed by atoms with Gasteiger partial charge in [-0.15, -0.1) is 0 Å². The second kappa shape index (κ2) is 0.784. The number of rotatable bonds is 0. The first kappa shape index (κ1) is 3.03. The first-order valence-electron chi connectivity index (χ1n) is 2.58. The van der Waals surface area contributed by atoms with E-state index in [1.54, 1.807) is 0 Å². The predicted molar refractivity (Wildman–Crippen MR) is 22.5 cm³/mol. The summed E-state index contributed by atoms with van der Waals surface area (Å²) in [5.74, 6) is 0.991. The van der Waals surface area contributed by atoms with Gasteiger partial charge in [0.15, 0.2) is 0 Å². The number of ether oxygens (including phenoxy) is 1. The maximum Gasteiger partial charge on any atom is 0.0608 e. The molecule has 1 saturated carbocycles. The molecule has 0 radical (unpaired) electrons. The topological polar surface area (TPSA) is 9.23 Å². The summed E-state index contributed by atoms with van der Waals surface area (Å²) in [6.45, 7) is 1.04. The molecule has 2 rings (SSSR count).